The second-order valence-electron chi connectivity index (χ2n) is 3.84. The van der Waals surface area contributed by atoms with E-state index in [1.54, 1.807) is 0 Å². The quantitative estimate of drug-likeness (QED) is 0.624. The van der Waals surface area contributed by atoms with Crippen molar-refractivity contribution in [2.45, 2.75) is 12.5 Å². The van der Waals surface area contributed by atoms with Crippen molar-refractivity contribution in [2.75, 3.05) is 12.9 Å². The predicted molar refractivity (Wildman–Crippen MR) is 68.1 cm³/mol. The maximum absolute atomic E-state index is 12.6. The molecule has 1 saturated heterocycles. The van der Waals surface area contributed by atoms with Crippen LogP contribution in [0.15, 0.2) is 18.3 Å². The van der Waals surface area contributed by atoms with Gasteiger partial charge in [-0.1, -0.05) is 6.07 Å². The van der Waals surface area contributed by atoms with Gasteiger partial charge >= 0.3 is 6.09 Å². The standard InChI is InChI=1S/C9H9FN2O3.CH3ClO2S/c10-8-2-1-6(5-11-8)7-3-4-15-12(7)9(13)14;1-5(2,3)4/h1-2,5,7H,3-4H2,(H,13,14);1H3. The molecule has 20 heavy (non-hydrogen) atoms. The molecule has 1 aliphatic rings. The highest BCUT2D eigenvalue weighted by Crippen LogP contribution is 2.29. The van der Waals surface area contributed by atoms with E-state index in [0.717, 1.165) is 11.3 Å². The van der Waals surface area contributed by atoms with Crippen molar-refractivity contribution in [1.29, 1.82) is 0 Å². The first-order chi connectivity index (χ1) is 9.18. The van der Waals surface area contributed by atoms with E-state index in [9.17, 15) is 17.6 Å². The summed E-state index contributed by atoms with van der Waals surface area (Å²) in [6.45, 7) is 0.342. The minimum absolute atomic E-state index is 0.342. The van der Waals surface area contributed by atoms with E-state index in [1.807, 2.05) is 0 Å². The SMILES string of the molecule is CS(=O)(=O)Cl.O=C(O)N1OCCC1c1ccc(F)nc1. The Morgan fingerprint density at radius 1 is 1.60 bits per heavy atom. The van der Waals surface area contributed by atoms with Crippen LogP contribution < -0.4 is 0 Å². The zero-order valence-corrected chi connectivity index (χ0v) is 11.9. The van der Waals surface area contributed by atoms with E-state index in [0.29, 0.717) is 18.6 Å². The number of rotatable bonds is 1. The van der Waals surface area contributed by atoms with Crippen LogP contribution in [0, 0.1) is 5.95 Å². The molecule has 1 unspecified atom stereocenters. The number of hydrogen-bond acceptors (Lipinski definition) is 5. The third-order valence-corrected chi connectivity index (χ3v) is 2.23. The largest absolute Gasteiger partial charge is 0.463 e. The molecule has 10 heteroatoms. The first kappa shape index (κ1) is 16.6. The summed E-state index contributed by atoms with van der Waals surface area (Å²) < 4.78 is 31.4. The molecule has 0 spiro atoms. The highest BCUT2D eigenvalue weighted by molar-refractivity contribution is 8.13. The van der Waals surface area contributed by atoms with Crippen LogP contribution in [-0.4, -0.2) is 42.5 Å². The van der Waals surface area contributed by atoms with Gasteiger partial charge in [0.25, 0.3) is 0 Å². The molecule has 1 N–H and O–H groups in total. The maximum atomic E-state index is 12.6. The molecule has 0 bridgehead atoms. The van der Waals surface area contributed by atoms with Crippen molar-refractivity contribution in [3.05, 3.63) is 29.8 Å². The number of amides is 1. The lowest BCUT2D eigenvalue weighted by Crippen LogP contribution is -2.27. The molecule has 1 aromatic heterocycles. The van der Waals surface area contributed by atoms with Gasteiger partial charge in [0.15, 0.2) is 0 Å². The summed E-state index contributed by atoms with van der Waals surface area (Å²) in [5.74, 6) is -0.584. The topological polar surface area (TPSA) is 96.8 Å². The van der Waals surface area contributed by atoms with Gasteiger partial charge in [-0.25, -0.2) is 18.2 Å². The molecule has 7 nitrogen and oxygen atoms in total. The Morgan fingerprint density at radius 2 is 2.20 bits per heavy atom. The smallest absolute Gasteiger partial charge is 0.432 e. The van der Waals surface area contributed by atoms with Crippen LogP contribution in [0.2, 0.25) is 0 Å². The highest BCUT2D eigenvalue weighted by Gasteiger charge is 2.31. The van der Waals surface area contributed by atoms with E-state index >= 15 is 0 Å². The van der Waals surface area contributed by atoms with E-state index in [1.165, 1.54) is 18.3 Å². The van der Waals surface area contributed by atoms with Crippen molar-refractivity contribution in [3.8, 4) is 0 Å². The van der Waals surface area contributed by atoms with Crippen LogP contribution >= 0.6 is 10.7 Å². The summed E-state index contributed by atoms with van der Waals surface area (Å²) in [7, 11) is 1.31. The van der Waals surface area contributed by atoms with E-state index in [4.69, 9.17) is 9.94 Å². The Balaban J connectivity index is 0.000000347. The average Bonchev–Trinajstić information content (AvgIpc) is 2.76. The fourth-order valence-corrected chi connectivity index (χ4v) is 1.54. The lowest BCUT2D eigenvalue weighted by molar-refractivity contribution is -0.104. The fraction of sp³-hybridized carbons (Fsp3) is 0.400. The molecule has 1 aromatic rings. The monoisotopic (exact) mass is 326 g/mol. The molecule has 0 aliphatic carbocycles. The van der Waals surface area contributed by atoms with E-state index in [2.05, 4.69) is 15.7 Å². The molecule has 1 fully saturated rings. The number of hydroxylamine groups is 2. The van der Waals surface area contributed by atoms with Crippen LogP contribution in [0.3, 0.4) is 0 Å². The van der Waals surface area contributed by atoms with Gasteiger partial charge in [0.1, 0.15) is 0 Å². The number of carboxylic acid groups (broad SMARTS) is 1. The number of carbonyl (C=O) groups is 1. The third-order valence-electron chi connectivity index (χ3n) is 2.23. The van der Waals surface area contributed by atoms with Crippen molar-refractivity contribution in [2.24, 2.45) is 0 Å². The summed E-state index contributed by atoms with van der Waals surface area (Å²) in [6, 6.07) is 2.32. The van der Waals surface area contributed by atoms with Gasteiger partial charge in [0.2, 0.25) is 15.0 Å². The molecule has 0 radical (unpaired) electrons. The first-order valence-electron chi connectivity index (χ1n) is 5.34. The van der Waals surface area contributed by atoms with Gasteiger partial charge in [-0.15, -0.1) is 0 Å². The van der Waals surface area contributed by atoms with E-state index < -0.39 is 27.1 Å². The molecule has 0 aromatic carbocycles. The van der Waals surface area contributed by atoms with Crippen molar-refractivity contribution in [3.63, 3.8) is 0 Å². The first-order valence-corrected chi connectivity index (χ1v) is 8.06. The number of aromatic nitrogens is 1. The van der Waals surface area contributed by atoms with Gasteiger partial charge < -0.3 is 5.11 Å². The van der Waals surface area contributed by atoms with Crippen LogP contribution in [0.1, 0.15) is 18.0 Å². The van der Waals surface area contributed by atoms with Crippen LogP contribution in [0.5, 0.6) is 0 Å². The molecule has 1 atom stereocenters. The van der Waals surface area contributed by atoms with Gasteiger partial charge in [0, 0.05) is 23.3 Å². The van der Waals surface area contributed by atoms with Crippen LogP contribution in [-0.2, 0) is 13.9 Å². The number of pyridine rings is 1. The summed E-state index contributed by atoms with van der Waals surface area (Å²) in [5, 5.41) is 9.68. The third kappa shape index (κ3) is 5.68. The molecule has 0 saturated carbocycles. The molecular weight excluding hydrogens is 315 g/mol. The van der Waals surface area contributed by atoms with Crippen molar-refractivity contribution < 1.29 is 27.5 Å². The van der Waals surface area contributed by atoms with Gasteiger partial charge in [-0.2, -0.15) is 9.45 Å². The average molecular weight is 327 g/mol. The van der Waals surface area contributed by atoms with Gasteiger partial charge in [0.05, 0.1) is 18.9 Å². The van der Waals surface area contributed by atoms with E-state index in [-0.39, 0.29) is 0 Å². The lowest BCUT2D eigenvalue weighted by atomic mass is 10.1. The summed E-state index contributed by atoms with van der Waals surface area (Å²) in [6.07, 6.45) is 1.65. The second-order valence-corrected chi connectivity index (χ2v) is 6.89. The maximum Gasteiger partial charge on any atom is 0.432 e. The molecule has 1 amide bonds. The minimum Gasteiger partial charge on any atom is -0.463 e. The Morgan fingerprint density at radius 3 is 2.65 bits per heavy atom. The summed E-state index contributed by atoms with van der Waals surface area (Å²) in [4.78, 5) is 19.2. The second kappa shape index (κ2) is 6.82. The normalized spacial score (nSPS) is 18.4. The molecule has 2 rings (SSSR count). The lowest BCUT2D eigenvalue weighted by Gasteiger charge is -2.18. The van der Waals surface area contributed by atoms with Crippen molar-refractivity contribution in [1.82, 2.24) is 10.0 Å². The number of halogens is 2. The Hall–Kier alpha value is -1.45. The van der Waals surface area contributed by atoms with Gasteiger partial charge in [-0.05, 0) is 11.6 Å². The highest BCUT2D eigenvalue weighted by atomic mass is 35.7. The predicted octanol–water partition coefficient (Wildman–Crippen LogP) is 1.76. The van der Waals surface area contributed by atoms with Gasteiger partial charge in [-0.3, -0.25) is 4.84 Å². The molecule has 1 aliphatic heterocycles. The summed E-state index contributed by atoms with van der Waals surface area (Å²) >= 11 is 0. The minimum atomic E-state index is -3.19. The fourth-order valence-electron chi connectivity index (χ4n) is 1.54. The zero-order chi connectivity index (χ0) is 15.3. The zero-order valence-electron chi connectivity index (χ0n) is 10.4. The number of nitrogens with zero attached hydrogens (tertiary/aromatic N) is 2. The van der Waals surface area contributed by atoms with Crippen LogP contribution in [0.4, 0.5) is 9.18 Å². The van der Waals surface area contributed by atoms with Crippen LogP contribution in [0.25, 0.3) is 0 Å². The number of hydrogen-bond donors (Lipinski definition) is 1. The Bertz CT molecular complexity index is 558. The summed E-state index contributed by atoms with van der Waals surface area (Å²) in [5.41, 5.74) is 0.635. The molecule has 112 valence electrons. The molecular formula is C10H12ClFN2O5S. The Kier molecular flexibility index (Phi) is 5.66. The van der Waals surface area contributed by atoms with Crippen molar-refractivity contribution >= 4 is 25.8 Å². The Labute approximate surface area is 119 Å². The molecule has 2 heterocycles.